The number of rotatable bonds is 5. The third-order valence-electron chi connectivity index (χ3n) is 3.92. The lowest BCUT2D eigenvalue weighted by Crippen LogP contribution is -2.17. The quantitative estimate of drug-likeness (QED) is 0.499. The first-order valence-electron chi connectivity index (χ1n) is 7.86. The van der Waals surface area contributed by atoms with Crippen molar-refractivity contribution in [1.29, 1.82) is 0 Å². The summed E-state index contributed by atoms with van der Waals surface area (Å²) in [4.78, 5) is 12.2. The van der Waals surface area contributed by atoms with E-state index in [1.807, 2.05) is 36.4 Å². The van der Waals surface area contributed by atoms with Crippen molar-refractivity contribution in [3.05, 3.63) is 70.2 Å². The SMILES string of the molecule is COc1ccc(C(=O)N/N=C\c2ccc(OC)c3ccccc23)cc1Br. The molecule has 0 bridgehead atoms. The third kappa shape index (κ3) is 3.70. The van der Waals surface area contributed by atoms with Crippen LogP contribution >= 0.6 is 15.9 Å². The highest BCUT2D eigenvalue weighted by Crippen LogP contribution is 2.27. The molecule has 0 aromatic heterocycles. The normalized spacial score (nSPS) is 10.9. The average Bonchev–Trinajstić information content (AvgIpc) is 2.67. The zero-order chi connectivity index (χ0) is 18.5. The molecule has 0 saturated heterocycles. The van der Waals surface area contributed by atoms with E-state index in [1.165, 1.54) is 0 Å². The van der Waals surface area contributed by atoms with Crippen molar-refractivity contribution in [2.75, 3.05) is 14.2 Å². The van der Waals surface area contributed by atoms with Gasteiger partial charge in [-0.05, 0) is 51.6 Å². The first kappa shape index (κ1) is 17.9. The maximum atomic E-state index is 12.2. The number of nitrogens with zero attached hydrogens (tertiary/aromatic N) is 1. The van der Waals surface area contributed by atoms with Crippen molar-refractivity contribution < 1.29 is 14.3 Å². The van der Waals surface area contributed by atoms with Crippen LogP contribution in [-0.2, 0) is 0 Å². The number of fused-ring (bicyclic) bond motifs is 1. The van der Waals surface area contributed by atoms with Crippen LogP contribution in [0.1, 0.15) is 15.9 Å². The second kappa shape index (κ2) is 8.01. The lowest BCUT2D eigenvalue weighted by molar-refractivity contribution is 0.0955. The number of carbonyl (C=O) groups excluding carboxylic acids is 1. The summed E-state index contributed by atoms with van der Waals surface area (Å²) in [5.74, 6) is 1.15. The Kier molecular flexibility index (Phi) is 5.53. The minimum Gasteiger partial charge on any atom is -0.496 e. The van der Waals surface area contributed by atoms with E-state index >= 15 is 0 Å². The van der Waals surface area contributed by atoms with E-state index in [2.05, 4.69) is 26.5 Å². The highest BCUT2D eigenvalue weighted by atomic mass is 79.9. The van der Waals surface area contributed by atoms with Gasteiger partial charge >= 0.3 is 0 Å². The molecule has 0 aliphatic carbocycles. The summed E-state index contributed by atoms with van der Waals surface area (Å²) in [6.07, 6.45) is 1.62. The van der Waals surface area contributed by atoms with Gasteiger partial charge in [0, 0.05) is 16.5 Å². The van der Waals surface area contributed by atoms with Crippen molar-refractivity contribution in [1.82, 2.24) is 5.43 Å². The molecule has 0 spiro atoms. The number of carbonyl (C=O) groups is 1. The van der Waals surface area contributed by atoms with Gasteiger partial charge in [-0.1, -0.05) is 24.3 Å². The molecule has 1 amide bonds. The molecule has 3 rings (SSSR count). The molecule has 0 aliphatic heterocycles. The van der Waals surface area contributed by atoms with Crippen LogP contribution in [0, 0.1) is 0 Å². The van der Waals surface area contributed by atoms with Crippen molar-refractivity contribution in [2.24, 2.45) is 5.10 Å². The van der Waals surface area contributed by atoms with Gasteiger partial charge in [0.2, 0.25) is 0 Å². The van der Waals surface area contributed by atoms with Gasteiger partial charge in [0.1, 0.15) is 11.5 Å². The zero-order valence-electron chi connectivity index (χ0n) is 14.3. The predicted molar refractivity (Wildman–Crippen MR) is 106 cm³/mol. The predicted octanol–water partition coefficient (Wildman–Crippen LogP) is 4.38. The van der Waals surface area contributed by atoms with Gasteiger partial charge in [-0.15, -0.1) is 0 Å². The van der Waals surface area contributed by atoms with Gasteiger partial charge in [0.05, 0.1) is 24.9 Å². The Morgan fingerprint density at radius 3 is 2.38 bits per heavy atom. The molecule has 3 aromatic carbocycles. The van der Waals surface area contributed by atoms with E-state index in [0.29, 0.717) is 15.8 Å². The van der Waals surface area contributed by atoms with E-state index in [-0.39, 0.29) is 5.91 Å². The van der Waals surface area contributed by atoms with Crippen molar-refractivity contribution in [3.63, 3.8) is 0 Å². The number of amides is 1. The molecule has 3 aromatic rings. The van der Waals surface area contributed by atoms with Crippen LogP contribution in [0.3, 0.4) is 0 Å². The summed E-state index contributed by atoms with van der Waals surface area (Å²) in [5, 5.41) is 6.07. The lowest BCUT2D eigenvalue weighted by atomic mass is 10.0. The third-order valence-corrected chi connectivity index (χ3v) is 4.54. The molecule has 0 unspecified atom stereocenters. The maximum Gasteiger partial charge on any atom is 0.271 e. The van der Waals surface area contributed by atoms with E-state index in [1.54, 1.807) is 38.6 Å². The zero-order valence-corrected chi connectivity index (χ0v) is 15.9. The van der Waals surface area contributed by atoms with Gasteiger partial charge < -0.3 is 9.47 Å². The summed E-state index contributed by atoms with van der Waals surface area (Å²) in [6.45, 7) is 0. The van der Waals surface area contributed by atoms with Crippen LogP contribution in [0.2, 0.25) is 0 Å². The molecule has 6 heteroatoms. The molecule has 26 heavy (non-hydrogen) atoms. The fourth-order valence-corrected chi connectivity index (χ4v) is 3.16. The van der Waals surface area contributed by atoms with Crippen molar-refractivity contribution >= 4 is 38.8 Å². The Morgan fingerprint density at radius 1 is 1.00 bits per heavy atom. The number of hydrogen-bond donors (Lipinski definition) is 1. The molecule has 1 N–H and O–H groups in total. The Bertz CT molecular complexity index is 986. The van der Waals surface area contributed by atoms with Crippen LogP contribution in [-0.4, -0.2) is 26.3 Å². The number of benzene rings is 3. The van der Waals surface area contributed by atoms with E-state index in [4.69, 9.17) is 9.47 Å². The first-order chi connectivity index (χ1) is 12.6. The minimum atomic E-state index is -0.303. The van der Waals surface area contributed by atoms with Crippen LogP contribution in [0.25, 0.3) is 10.8 Å². The number of hydrogen-bond acceptors (Lipinski definition) is 4. The van der Waals surface area contributed by atoms with Crippen LogP contribution in [0.15, 0.2) is 64.2 Å². The van der Waals surface area contributed by atoms with Crippen LogP contribution < -0.4 is 14.9 Å². The number of methoxy groups -OCH3 is 2. The van der Waals surface area contributed by atoms with Gasteiger partial charge in [-0.3, -0.25) is 4.79 Å². The Balaban J connectivity index is 1.80. The molecule has 0 heterocycles. The van der Waals surface area contributed by atoms with Gasteiger partial charge in [0.25, 0.3) is 5.91 Å². The maximum absolute atomic E-state index is 12.2. The van der Waals surface area contributed by atoms with E-state index in [0.717, 1.165) is 22.1 Å². The topological polar surface area (TPSA) is 59.9 Å². The highest BCUT2D eigenvalue weighted by molar-refractivity contribution is 9.10. The smallest absolute Gasteiger partial charge is 0.271 e. The largest absolute Gasteiger partial charge is 0.496 e. The number of halogens is 1. The summed E-state index contributed by atoms with van der Waals surface area (Å²) < 4.78 is 11.3. The Labute approximate surface area is 159 Å². The van der Waals surface area contributed by atoms with E-state index in [9.17, 15) is 4.79 Å². The first-order valence-corrected chi connectivity index (χ1v) is 8.66. The molecular formula is C20H17BrN2O3. The Hall–Kier alpha value is -2.86. The number of hydrazone groups is 1. The minimum absolute atomic E-state index is 0.303. The fourth-order valence-electron chi connectivity index (χ4n) is 2.62. The van der Waals surface area contributed by atoms with E-state index < -0.39 is 0 Å². The van der Waals surface area contributed by atoms with Crippen LogP contribution in [0.4, 0.5) is 0 Å². The summed E-state index contributed by atoms with van der Waals surface area (Å²) in [6, 6.07) is 16.7. The Morgan fingerprint density at radius 2 is 1.69 bits per heavy atom. The molecule has 0 fully saturated rings. The van der Waals surface area contributed by atoms with Gasteiger partial charge in [-0.25, -0.2) is 5.43 Å². The summed E-state index contributed by atoms with van der Waals surface area (Å²) >= 11 is 3.37. The highest BCUT2D eigenvalue weighted by Gasteiger charge is 2.08. The second-order valence-corrected chi connectivity index (χ2v) is 6.31. The summed E-state index contributed by atoms with van der Waals surface area (Å²) in [7, 11) is 3.21. The van der Waals surface area contributed by atoms with Gasteiger partial charge in [0.15, 0.2) is 0 Å². The molecule has 0 atom stereocenters. The molecule has 0 saturated carbocycles. The molecular weight excluding hydrogens is 396 g/mol. The molecule has 132 valence electrons. The number of ether oxygens (including phenoxy) is 2. The van der Waals surface area contributed by atoms with Gasteiger partial charge in [-0.2, -0.15) is 5.10 Å². The standard InChI is InChI=1S/C20H17BrN2O3/c1-25-18-9-8-14(15-5-3-4-6-16(15)18)12-22-23-20(24)13-7-10-19(26-2)17(21)11-13/h3-12H,1-2H3,(H,23,24)/b22-12-. The number of nitrogens with one attached hydrogen (secondary N) is 1. The molecule has 5 nitrogen and oxygen atoms in total. The van der Waals surface area contributed by atoms with Crippen molar-refractivity contribution in [2.45, 2.75) is 0 Å². The second-order valence-electron chi connectivity index (χ2n) is 5.45. The average molecular weight is 413 g/mol. The van der Waals surface area contributed by atoms with Crippen LogP contribution in [0.5, 0.6) is 11.5 Å². The molecule has 0 aliphatic rings. The lowest BCUT2D eigenvalue weighted by Gasteiger charge is -2.08. The fraction of sp³-hybridized carbons (Fsp3) is 0.100. The summed E-state index contributed by atoms with van der Waals surface area (Å²) in [5.41, 5.74) is 3.91. The molecule has 0 radical (unpaired) electrons. The monoisotopic (exact) mass is 412 g/mol. The van der Waals surface area contributed by atoms with Crippen molar-refractivity contribution in [3.8, 4) is 11.5 Å².